The lowest BCUT2D eigenvalue weighted by Gasteiger charge is -2.21. The van der Waals surface area contributed by atoms with Crippen LogP contribution in [0.2, 0.25) is 0 Å². The second-order valence-corrected chi connectivity index (χ2v) is 5.25. The minimum Gasteiger partial charge on any atom is -0.392 e. The van der Waals surface area contributed by atoms with E-state index in [0.29, 0.717) is 12.1 Å². The number of aliphatic hydroxyl groups is 1. The van der Waals surface area contributed by atoms with Gasteiger partial charge >= 0.3 is 0 Å². The molecule has 0 radical (unpaired) electrons. The number of primary amides is 1. The Morgan fingerprint density at radius 3 is 2.58 bits per heavy atom. The van der Waals surface area contributed by atoms with Crippen molar-refractivity contribution in [3.05, 3.63) is 35.4 Å². The summed E-state index contributed by atoms with van der Waals surface area (Å²) in [5.74, 6) is -0.404. The van der Waals surface area contributed by atoms with Crippen LogP contribution in [0.4, 0.5) is 0 Å². The lowest BCUT2D eigenvalue weighted by molar-refractivity contribution is 0.100. The number of hydrogen-bond donors (Lipinski definition) is 3. The third-order valence-electron chi connectivity index (χ3n) is 3.79. The highest BCUT2D eigenvalue weighted by molar-refractivity contribution is 5.92. The molecule has 1 amide bonds. The number of carbonyl (C=O) groups is 1. The Bertz CT molecular complexity index is 417. The van der Waals surface area contributed by atoms with Gasteiger partial charge in [0.1, 0.15) is 0 Å². The zero-order valence-electron chi connectivity index (χ0n) is 11.1. The molecule has 2 unspecified atom stereocenters. The molecule has 1 saturated carbocycles. The number of nitrogens with two attached hydrogens (primary N) is 1. The second kappa shape index (κ2) is 6.68. The normalized spacial score (nSPS) is 23.8. The summed E-state index contributed by atoms with van der Waals surface area (Å²) in [5.41, 5.74) is 6.83. The van der Waals surface area contributed by atoms with Gasteiger partial charge in [-0.2, -0.15) is 0 Å². The Hall–Kier alpha value is -1.39. The predicted molar refractivity (Wildman–Crippen MR) is 74.7 cm³/mol. The third-order valence-corrected chi connectivity index (χ3v) is 3.79. The standard InChI is InChI=1S/C15H22N2O2/c16-15(19)12-8-6-11(7-9-12)10-17-13-4-2-1-3-5-14(13)18/h6-9,13-14,17-18H,1-5,10H2,(H2,16,19). The predicted octanol–water partition coefficient (Wildman–Crippen LogP) is 1.57. The lowest BCUT2D eigenvalue weighted by atomic mass is 10.1. The zero-order chi connectivity index (χ0) is 13.7. The fourth-order valence-electron chi connectivity index (χ4n) is 2.56. The maximum absolute atomic E-state index is 11.0. The molecule has 0 spiro atoms. The molecule has 1 aromatic carbocycles. The molecular formula is C15H22N2O2. The average molecular weight is 262 g/mol. The summed E-state index contributed by atoms with van der Waals surface area (Å²) in [5, 5.41) is 13.4. The van der Waals surface area contributed by atoms with Crippen LogP contribution in [0.5, 0.6) is 0 Å². The maximum Gasteiger partial charge on any atom is 0.248 e. The maximum atomic E-state index is 11.0. The van der Waals surface area contributed by atoms with Gasteiger partial charge in [0, 0.05) is 18.2 Å². The van der Waals surface area contributed by atoms with Crippen LogP contribution in [-0.4, -0.2) is 23.2 Å². The summed E-state index contributed by atoms with van der Waals surface area (Å²) in [4.78, 5) is 11.0. The molecule has 0 aromatic heterocycles. The number of benzene rings is 1. The summed E-state index contributed by atoms with van der Waals surface area (Å²) in [6, 6.07) is 7.45. The Morgan fingerprint density at radius 1 is 1.21 bits per heavy atom. The van der Waals surface area contributed by atoms with Crippen LogP contribution in [0.25, 0.3) is 0 Å². The smallest absolute Gasteiger partial charge is 0.248 e. The number of hydrogen-bond acceptors (Lipinski definition) is 3. The molecule has 0 aliphatic heterocycles. The first-order valence-corrected chi connectivity index (χ1v) is 6.97. The molecule has 19 heavy (non-hydrogen) atoms. The Labute approximate surface area is 114 Å². The summed E-state index contributed by atoms with van der Waals surface area (Å²) < 4.78 is 0. The van der Waals surface area contributed by atoms with Crippen molar-refractivity contribution in [1.29, 1.82) is 0 Å². The molecule has 104 valence electrons. The van der Waals surface area contributed by atoms with Gasteiger partial charge in [-0.15, -0.1) is 0 Å². The van der Waals surface area contributed by atoms with Crippen molar-refractivity contribution in [2.45, 2.75) is 50.8 Å². The topological polar surface area (TPSA) is 75.4 Å². The van der Waals surface area contributed by atoms with Crippen LogP contribution in [-0.2, 0) is 6.54 Å². The van der Waals surface area contributed by atoms with Crippen molar-refractivity contribution >= 4 is 5.91 Å². The average Bonchev–Trinajstić information content (AvgIpc) is 2.61. The Morgan fingerprint density at radius 2 is 1.89 bits per heavy atom. The number of aliphatic hydroxyl groups excluding tert-OH is 1. The van der Waals surface area contributed by atoms with E-state index in [2.05, 4.69) is 5.32 Å². The summed E-state index contributed by atoms with van der Waals surface area (Å²) in [6.45, 7) is 0.709. The van der Waals surface area contributed by atoms with Crippen molar-refractivity contribution in [1.82, 2.24) is 5.32 Å². The van der Waals surface area contributed by atoms with Gasteiger partial charge in [0.05, 0.1) is 6.10 Å². The second-order valence-electron chi connectivity index (χ2n) is 5.25. The highest BCUT2D eigenvalue weighted by Crippen LogP contribution is 2.18. The van der Waals surface area contributed by atoms with E-state index < -0.39 is 5.91 Å². The van der Waals surface area contributed by atoms with Crippen LogP contribution < -0.4 is 11.1 Å². The lowest BCUT2D eigenvalue weighted by Crippen LogP contribution is -2.38. The molecule has 0 saturated heterocycles. The minimum absolute atomic E-state index is 0.179. The first kappa shape index (κ1) is 14.0. The van der Waals surface area contributed by atoms with E-state index >= 15 is 0 Å². The van der Waals surface area contributed by atoms with E-state index in [1.165, 1.54) is 12.8 Å². The number of nitrogens with one attached hydrogen (secondary N) is 1. The fourth-order valence-corrected chi connectivity index (χ4v) is 2.56. The summed E-state index contributed by atoms with van der Waals surface area (Å²) in [7, 11) is 0. The third kappa shape index (κ3) is 4.04. The van der Waals surface area contributed by atoms with E-state index in [9.17, 15) is 9.90 Å². The van der Waals surface area contributed by atoms with Gasteiger partial charge in [0.2, 0.25) is 5.91 Å². The van der Waals surface area contributed by atoms with Crippen molar-refractivity contribution in [3.8, 4) is 0 Å². The molecule has 4 heteroatoms. The van der Waals surface area contributed by atoms with E-state index in [1.54, 1.807) is 12.1 Å². The van der Waals surface area contributed by atoms with Crippen LogP contribution >= 0.6 is 0 Å². The Kier molecular flexibility index (Phi) is 4.93. The van der Waals surface area contributed by atoms with Gasteiger partial charge in [-0.25, -0.2) is 0 Å². The van der Waals surface area contributed by atoms with Gasteiger partial charge in [0.15, 0.2) is 0 Å². The van der Waals surface area contributed by atoms with Crippen molar-refractivity contribution < 1.29 is 9.90 Å². The minimum atomic E-state index is -0.404. The zero-order valence-corrected chi connectivity index (χ0v) is 11.1. The van der Waals surface area contributed by atoms with Gasteiger partial charge < -0.3 is 16.2 Å². The SMILES string of the molecule is NC(=O)c1ccc(CNC2CCCCCC2O)cc1. The van der Waals surface area contributed by atoms with Gasteiger partial charge in [-0.1, -0.05) is 31.4 Å². The quantitative estimate of drug-likeness (QED) is 0.721. The van der Waals surface area contributed by atoms with Gasteiger partial charge in [-0.3, -0.25) is 4.79 Å². The molecule has 1 fully saturated rings. The molecule has 0 heterocycles. The van der Waals surface area contributed by atoms with E-state index in [1.807, 2.05) is 12.1 Å². The van der Waals surface area contributed by atoms with Gasteiger partial charge in [-0.05, 0) is 30.5 Å². The molecule has 1 aliphatic carbocycles. The first-order valence-electron chi connectivity index (χ1n) is 6.97. The van der Waals surface area contributed by atoms with Crippen LogP contribution in [0.1, 0.15) is 48.0 Å². The van der Waals surface area contributed by atoms with E-state index in [0.717, 1.165) is 24.8 Å². The number of rotatable bonds is 4. The van der Waals surface area contributed by atoms with Gasteiger partial charge in [0.25, 0.3) is 0 Å². The Balaban J connectivity index is 1.88. The molecule has 1 aliphatic rings. The molecule has 4 N–H and O–H groups in total. The van der Waals surface area contributed by atoms with Crippen LogP contribution in [0.3, 0.4) is 0 Å². The molecule has 4 nitrogen and oxygen atoms in total. The highest BCUT2D eigenvalue weighted by atomic mass is 16.3. The molecular weight excluding hydrogens is 240 g/mol. The first-order chi connectivity index (χ1) is 9.16. The summed E-state index contributed by atoms with van der Waals surface area (Å²) >= 11 is 0. The summed E-state index contributed by atoms with van der Waals surface area (Å²) in [6.07, 6.45) is 5.18. The van der Waals surface area contributed by atoms with Crippen molar-refractivity contribution in [2.24, 2.45) is 5.73 Å². The number of amides is 1. The highest BCUT2D eigenvalue weighted by Gasteiger charge is 2.20. The van der Waals surface area contributed by atoms with E-state index in [4.69, 9.17) is 5.73 Å². The fraction of sp³-hybridized carbons (Fsp3) is 0.533. The van der Waals surface area contributed by atoms with Crippen molar-refractivity contribution in [2.75, 3.05) is 0 Å². The largest absolute Gasteiger partial charge is 0.392 e. The van der Waals surface area contributed by atoms with Crippen LogP contribution in [0.15, 0.2) is 24.3 Å². The van der Waals surface area contributed by atoms with Crippen LogP contribution in [0, 0.1) is 0 Å². The van der Waals surface area contributed by atoms with E-state index in [-0.39, 0.29) is 12.1 Å². The molecule has 2 atom stereocenters. The molecule has 0 bridgehead atoms. The molecule has 1 aromatic rings. The molecule has 2 rings (SSSR count). The van der Waals surface area contributed by atoms with Crippen molar-refractivity contribution in [3.63, 3.8) is 0 Å². The number of carbonyl (C=O) groups excluding carboxylic acids is 1. The monoisotopic (exact) mass is 262 g/mol.